The molecule has 6 heteroatoms. The number of ether oxygens (including phenoxy) is 2. The van der Waals surface area contributed by atoms with E-state index in [-0.39, 0.29) is 10.6 Å². The van der Waals surface area contributed by atoms with Crippen LogP contribution in [0.2, 0.25) is 5.02 Å². The molecule has 1 fully saturated rings. The van der Waals surface area contributed by atoms with Crippen LogP contribution in [0.4, 0.5) is 0 Å². The van der Waals surface area contributed by atoms with Crippen molar-refractivity contribution in [2.75, 3.05) is 0 Å². The molecule has 0 amide bonds. The minimum atomic E-state index is -1.66. The van der Waals surface area contributed by atoms with Crippen molar-refractivity contribution in [3.63, 3.8) is 0 Å². The van der Waals surface area contributed by atoms with Gasteiger partial charge in [-0.3, -0.25) is 0 Å². The third kappa shape index (κ3) is 1.62. The average Bonchev–Trinajstić information content (AvgIpc) is 2.65. The molecule has 3 rings (SSSR count). The summed E-state index contributed by atoms with van der Waals surface area (Å²) in [6.45, 7) is 0. The smallest absolute Gasteiger partial charge is 0.337 e. The molecule has 96 valence electrons. The van der Waals surface area contributed by atoms with Gasteiger partial charge in [0.05, 0.1) is 5.02 Å². The molecule has 0 bridgehead atoms. The summed E-state index contributed by atoms with van der Waals surface area (Å²) >= 11 is 5.94. The van der Waals surface area contributed by atoms with Gasteiger partial charge >= 0.3 is 5.97 Å². The number of aliphatic carboxylic acids is 1. The van der Waals surface area contributed by atoms with Crippen LogP contribution in [0.3, 0.4) is 0 Å². The highest BCUT2D eigenvalue weighted by atomic mass is 35.5. The third-order valence-corrected chi connectivity index (χ3v) is 3.63. The third-order valence-electron chi connectivity index (χ3n) is 3.30. The fraction of sp³-hybridized carbons (Fsp3) is 0.417. The standard InChI is InChI=1S/C12H11ClO5/c13-7-5-9-8(4-6(7)10(14)11(15)16)17-12(18-9)2-1-3-12/h4-5,10,14H,1-3H2,(H,15,16). The Hall–Kier alpha value is -1.46. The van der Waals surface area contributed by atoms with Gasteiger partial charge < -0.3 is 19.7 Å². The van der Waals surface area contributed by atoms with Crippen LogP contribution in [0.25, 0.3) is 0 Å². The second-order valence-corrected chi connectivity index (χ2v) is 4.94. The van der Waals surface area contributed by atoms with Gasteiger partial charge in [-0.2, -0.15) is 0 Å². The zero-order chi connectivity index (χ0) is 12.9. The number of carboxylic acid groups (broad SMARTS) is 1. The minimum Gasteiger partial charge on any atom is -0.479 e. The molecule has 18 heavy (non-hydrogen) atoms. The molecule has 1 heterocycles. The maximum Gasteiger partial charge on any atom is 0.337 e. The Morgan fingerprint density at radius 1 is 1.33 bits per heavy atom. The minimum absolute atomic E-state index is 0.114. The van der Waals surface area contributed by atoms with Crippen LogP contribution in [0.5, 0.6) is 11.5 Å². The lowest BCUT2D eigenvalue weighted by Gasteiger charge is -2.35. The Balaban J connectivity index is 1.97. The molecule has 0 radical (unpaired) electrons. The van der Waals surface area contributed by atoms with E-state index in [1.807, 2.05) is 0 Å². The highest BCUT2D eigenvalue weighted by Crippen LogP contribution is 2.50. The van der Waals surface area contributed by atoms with Gasteiger partial charge in [0.2, 0.25) is 0 Å². The maximum atomic E-state index is 10.8. The van der Waals surface area contributed by atoms with Gasteiger partial charge in [-0.15, -0.1) is 0 Å². The van der Waals surface area contributed by atoms with E-state index in [0.717, 1.165) is 19.3 Å². The largest absolute Gasteiger partial charge is 0.479 e. The summed E-state index contributed by atoms with van der Waals surface area (Å²) in [5, 5.41) is 18.5. The van der Waals surface area contributed by atoms with E-state index < -0.39 is 17.9 Å². The van der Waals surface area contributed by atoms with Crippen LogP contribution in [0, 0.1) is 0 Å². The van der Waals surface area contributed by atoms with E-state index in [9.17, 15) is 9.90 Å². The van der Waals surface area contributed by atoms with Crippen molar-refractivity contribution < 1.29 is 24.5 Å². The molecule has 5 nitrogen and oxygen atoms in total. The highest BCUT2D eigenvalue weighted by Gasteiger charge is 2.47. The summed E-state index contributed by atoms with van der Waals surface area (Å²) in [5.41, 5.74) is 0.114. The maximum absolute atomic E-state index is 10.8. The van der Waals surface area contributed by atoms with E-state index in [0.29, 0.717) is 11.5 Å². The van der Waals surface area contributed by atoms with E-state index in [1.54, 1.807) is 0 Å². The van der Waals surface area contributed by atoms with Gasteiger partial charge in [0.1, 0.15) is 0 Å². The Kier molecular flexibility index (Phi) is 2.43. The van der Waals surface area contributed by atoms with E-state index in [1.165, 1.54) is 12.1 Å². The Labute approximate surface area is 108 Å². The number of aliphatic hydroxyl groups excluding tert-OH is 1. The summed E-state index contributed by atoms with van der Waals surface area (Å²) < 4.78 is 11.3. The number of rotatable bonds is 2. The lowest BCUT2D eigenvalue weighted by molar-refractivity contribution is -0.146. The van der Waals surface area contributed by atoms with Gasteiger partial charge in [-0.25, -0.2) is 4.79 Å². The Bertz CT molecular complexity index is 523. The van der Waals surface area contributed by atoms with Gasteiger partial charge in [-0.1, -0.05) is 11.6 Å². The molecule has 1 unspecified atom stereocenters. The molecule has 1 aliphatic heterocycles. The molecule has 1 aliphatic carbocycles. The number of halogens is 1. The second kappa shape index (κ2) is 3.76. The van der Waals surface area contributed by atoms with Gasteiger partial charge in [0, 0.05) is 24.5 Å². The zero-order valence-electron chi connectivity index (χ0n) is 9.35. The number of fused-ring (bicyclic) bond motifs is 1. The van der Waals surface area contributed by atoms with Crippen molar-refractivity contribution in [2.24, 2.45) is 0 Å². The molecule has 1 aromatic rings. The van der Waals surface area contributed by atoms with Crippen molar-refractivity contribution in [3.05, 3.63) is 22.7 Å². The predicted molar refractivity (Wildman–Crippen MR) is 61.9 cm³/mol. The number of carbonyl (C=O) groups is 1. The van der Waals surface area contributed by atoms with Crippen LogP contribution in [-0.2, 0) is 4.79 Å². The van der Waals surface area contributed by atoms with Crippen molar-refractivity contribution in [3.8, 4) is 11.5 Å². The number of hydrogen-bond acceptors (Lipinski definition) is 4. The number of carboxylic acids is 1. The molecule has 1 aromatic carbocycles. The fourth-order valence-corrected chi connectivity index (χ4v) is 2.40. The first-order valence-electron chi connectivity index (χ1n) is 5.63. The SMILES string of the molecule is O=C(O)C(O)c1cc2c(cc1Cl)OC1(CCC1)O2. The van der Waals surface area contributed by atoms with E-state index >= 15 is 0 Å². The topological polar surface area (TPSA) is 76.0 Å². The molecular weight excluding hydrogens is 260 g/mol. The van der Waals surface area contributed by atoms with Crippen LogP contribution < -0.4 is 9.47 Å². The number of hydrogen-bond donors (Lipinski definition) is 2. The van der Waals surface area contributed by atoms with E-state index in [2.05, 4.69) is 0 Å². The van der Waals surface area contributed by atoms with Crippen LogP contribution in [-0.4, -0.2) is 22.0 Å². The van der Waals surface area contributed by atoms with Crippen molar-refractivity contribution in [1.29, 1.82) is 0 Å². The quantitative estimate of drug-likeness (QED) is 0.861. The van der Waals surface area contributed by atoms with Gasteiger partial charge in [0.15, 0.2) is 17.6 Å². The van der Waals surface area contributed by atoms with Crippen LogP contribution >= 0.6 is 11.6 Å². The number of aliphatic hydroxyl groups is 1. The zero-order valence-corrected chi connectivity index (χ0v) is 10.1. The molecular formula is C12H11ClO5. The summed E-state index contributed by atoms with van der Waals surface area (Å²) in [5.74, 6) is -1.01. The summed E-state index contributed by atoms with van der Waals surface area (Å²) in [6.07, 6.45) is 0.975. The Morgan fingerprint density at radius 2 is 1.94 bits per heavy atom. The summed E-state index contributed by atoms with van der Waals surface area (Å²) in [7, 11) is 0. The molecule has 0 aromatic heterocycles. The van der Waals surface area contributed by atoms with E-state index in [4.69, 9.17) is 26.2 Å². The lowest BCUT2D eigenvalue weighted by Crippen LogP contribution is -2.45. The molecule has 2 N–H and O–H groups in total. The first kappa shape index (κ1) is 11.6. The molecule has 0 saturated heterocycles. The predicted octanol–water partition coefficient (Wildman–Crippen LogP) is 2.11. The fourth-order valence-electron chi connectivity index (χ4n) is 2.14. The summed E-state index contributed by atoms with van der Waals surface area (Å²) in [4.78, 5) is 10.8. The summed E-state index contributed by atoms with van der Waals surface area (Å²) in [6, 6.07) is 2.93. The normalized spacial score (nSPS) is 20.6. The van der Waals surface area contributed by atoms with Gasteiger partial charge in [-0.05, 0) is 12.5 Å². The van der Waals surface area contributed by atoms with Gasteiger partial charge in [0.25, 0.3) is 5.79 Å². The lowest BCUT2D eigenvalue weighted by atomic mass is 9.91. The first-order chi connectivity index (χ1) is 8.51. The van der Waals surface area contributed by atoms with Crippen molar-refractivity contribution >= 4 is 17.6 Å². The Morgan fingerprint density at radius 3 is 2.44 bits per heavy atom. The second-order valence-electron chi connectivity index (χ2n) is 4.53. The van der Waals surface area contributed by atoms with Crippen molar-refractivity contribution in [1.82, 2.24) is 0 Å². The highest BCUT2D eigenvalue weighted by molar-refractivity contribution is 6.31. The monoisotopic (exact) mass is 270 g/mol. The molecule has 1 atom stereocenters. The molecule has 1 spiro atoms. The number of benzene rings is 1. The molecule has 1 saturated carbocycles. The average molecular weight is 271 g/mol. The van der Waals surface area contributed by atoms with Crippen LogP contribution in [0.15, 0.2) is 12.1 Å². The van der Waals surface area contributed by atoms with Crippen molar-refractivity contribution in [2.45, 2.75) is 31.2 Å². The van der Waals surface area contributed by atoms with Crippen LogP contribution in [0.1, 0.15) is 30.9 Å². The first-order valence-corrected chi connectivity index (χ1v) is 6.01. The molecule has 2 aliphatic rings.